The summed E-state index contributed by atoms with van der Waals surface area (Å²) in [5.74, 6) is 0.307. The molecule has 5 nitrogen and oxygen atoms in total. The lowest BCUT2D eigenvalue weighted by Gasteiger charge is -2.31. The molecule has 1 amide bonds. The van der Waals surface area contributed by atoms with Crippen molar-refractivity contribution in [1.29, 1.82) is 0 Å². The number of amides is 1. The number of halogens is 1. The first kappa shape index (κ1) is 19.9. The molecule has 1 saturated carbocycles. The van der Waals surface area contributed by atoms with Gasteiger partial charge in [0.25, 0.3) is 0 Å². The SMILES string of the molecule is CN(C(=O)Cn1c(SCc2ccccc2F)nc2ccncc21)C1CCCCC1. The molecule has 7 heteroatoms. The molecule has 1 aromatic carbocycles. The van der Waals surface area contributed by atoms with Crippen molar-refractivity contribution in [2.45, 2.75) is 55.6 Å². The molecular weight excluding hydrogens is 387 g/mol. The molecule has 0 radical (unpaired) electrons. The Kier molecular flexibility index (Phi) is 6.13. The van der Waals surface area contributed by atoms with Gasteiger partial charge in [-0.25, -0.2) is 9.37 Å². The molecule has 1 aliphatic rings. The molecule has 29 heavy (non-hydrogen) atoms. The summed E-state index contributed by atoms with van der Waals surface area (Å²) in [5.41, 5.74) is 2.25. The molecule has 2 heterocycles. The fraction of sp³-hybridized carbons (Fsp3) is 0.409. The van der Waals surface area contributed by atoms with E-state index in [1.807, 2.05) is 28.6 Å². The molecule has 0 saturated heterocycles. The van der Waals surface area contributed by atoms with Crippen molar-refractivity contribution in [3.05, 3.63) is 54.1 Å². The number of rotatable bonds is 6. The second-order valence-corrected chi connectivity index (χ2v) is 8.46. The van der Waals surface area contributed by atoms with E-state index in [-0.39, 0.29) is 18.3 Å². The van der Waals surface area contributed by atoms with E-state index in [0.29, 0.717) is 22.5 Å². The van der Waals surface area contributed by atoms with Crippen LogP contribution in [0.3, 0.4) is 0 Å². The summed E-state index contributed by atoms with van der Waals surface area (Å²) in [6, 6.07) is 8.91. The Balaban J connectivity index is 1.56. The standard InChI is InChI=1S/C22H25FN4OS/c1-26(17-8-3-2-4-9-17)21(28)14-27-20-13-24-12-11-19(20)25-22(27)29-15-16-7-5-6-10-18(16)23/h5-7,10-13,17H,2-4,8-9,14-15H2,1H3. The zero-order valence-corrected chi connectivity index (χ0v) is 17.4. The minimum atomic E-state index is -0.225. The number of pyridine rings is 1. The van der Waals surface area contributed by atoms with Crippen LogP contribution in [0, 0.1) is 5.82 Å². The topological polar surface area (TPSA) is 51.0 Å². The van der Waals surface area contributed by atoms with Crippen molar-refractivity contribution in [2.75, 3.05) is 7.05 Å². The number of carbonyl (C=O) groups excluding carboxylic acids is 1. The second-order valence-electron chi connectivity index (χ2n) is 7.52. The number of imidazole rings is 1. The third-order valence-electron chi connectivity index (χ3n) is 5.64. The third-order valence-corrected chi connectivity index (χ3v) is 6.66. The number of benzene rings is 1. The molecule has 152 valence electrons. The van der Waals surface area contributed by atoms with Crippen LogP contribution < -0.4 is 0 Å². The van der Waals surface area contributed by atoms with Gasteiger partial charge in [-0.15, -0.1) is 0 Å². The van der Waals surface area contributed by atoms with Crippen LogP contribution in [0.4, 0.5) is 4.39 Å². The zero-order valence-electron chi connectivity index (χ0n) is 16.6. The molecule has 0 spiro atoms. The van der Waals surface area contributed by atoms with Crippen molar-refractivity contribution in [1.82, 2.24) is 19.4 Å². The van der Waals surface area contributed by atoms with Gasteiger partial charge in [-0.05, 0) is 30.5 Å². The van der Waals surface area contributed by atoms with Gasteiger partial charge in [0.1, 0.15) is 12.4 Å². The molecule has 0 bridgehead atoms. The summed E-state index contributed by atoms with van der Waals surface area (Å²) in [6.07, 6.45) is 9.21. The molecule has 2 aromatic heterocycles. The van der Waals surface area contributed by atoms with E-state index in [1.165, 1.54) is 37.1 Å². The van der Waals surface area contributed by atoms with Crippen LogP contribution >= 0.6 is 11.8 Å². The van der Waals surface area contributed by atoms with Gasteiger partial charge in [-0.3, -0.25) is 9.78 Å². The first-order chi connectivity index (χ1) is 14.1. The Labute approximate surface area is 174 Å². The summed E-state index contributed by atoms with van der Waals surface area (Å²) >= 11 is 1.44. The van der Waals surface area contributed by atoms with Crippen LogP contribution in [0.15, 0.2) is 47.9 Å². The molecule has 3 aromatic rings. The highest BCUT2D eigenvalue weighted by Crippen LogP contribution is 2.28. The van der Waals surface area contributed by atoms with Gasteiger partial charge in [0.05, 0.1) is 17.2 Å². The smallest absolute Gasteiger partial charge is 0.242 e. The quantitative estimate of drug-likeness (QED) is 0.553. The van der Waals surface area contributed by atoms with E-state index in [0.717, 1.165) is 23.9 Å². The summed E-state index contributed by atoms with van der Waals surface area (Å²) < 4.78 is 15.9. The molecule has 0 N–H and O–H groups in total. The van der Waals surface area contributed by atoms with Gasteiger partial charge in [0, 0.05) is 25.0 Å². The van der Waals surface area contributed by atoms with Crippen LogP contribution in [0.2, 0.25) is 0 Å². The van der Waals surface area contributed by atoms with Gasteiger partial charge in [0.15, 0.2) is 5.16 Å². The van der Waals surface area contributed by atoms with Crippen LogP contribution in [0.25, 0.3) is 11.0 Å². The van der Waals surface area contributed by atoms with Crippen molar-refractivity contribution in [2.24, 2.45) is 0 Å². The average molecular weight is 413 g/mol. The maximum atomic E-state index is 14.0. The lowest BCUT2D eigenvalue weighted by Crippen LogP contribution is -2.40. The normalized spacial score (nSPS) is 15.0. The third kappa shape index (κ3) is 4.45. The molecule has 0 atom stereocenters. The van der Waals surface area contributed by atoms with Crippen molar-refractivity contribution >= 4 is 28.7 Å². The molecule has 0 aliphatic heterocycles. The van der Waals surface area contributed by atoms with Gasteiger partial charge in [-0.2, -0.15) is 0 Å². The predicted molar refractivity (Wildman–Crippen MR) is 113 cm³/mol. The van der Waals surface area contributed by atoms with Gasteiger partial charge in [0.2, 0.25) is 5.91 Å². The molecule has 4 rings (SSSR count). The maximum Gasteiger partial charge on any atom is 0.242 e. The lowest BCUT2D eigenvalue weighted by atomic mass is 9.94. The van der Waals surface area contributed by atoms with Crippen LogP contribution in [0.1, 0.15) is 37.7 Å². The van der Waals surface area contributed by atoms with Crippen LogP contribution in [-0.2, 0) is 17.1 Å². The number of likely N-dealkylation sites (N-methyl/N-ethyl adjacent to an activating group) is 1. The number of hydrogen-bond donors (Lipinski definition) is 0. The number of carbonyl (C=O) groups is 1. The second kappa shape index (κ2) is 8.95. The van der Waals surface area contributed by atoms with Gasteiger partial charge >= 0.3 is 0 Å². The van der Waals surface area contributed by atoms with E-state index >= 15 is 0 Å². The zero-order chi connectivity index (χ0) is 20.2. The van der Waals surface area contributed by atoms with E-state index in [1.54, 1.807) is 24.5 Å². The predicted octanol–water partition coefficient (Wildman–Crippen LogP) is 4.65. The Morgan fingerprint density at radius 2 is 2.03 bits per heavy atom. The number of hydrogen-bond acceptors (Lipinski definition) is 4. The largest absolute Gasteiger partial charge is 0.341 e. The Morgan fingerprint density at radius 3 is 2.83 bits per heavy atom. The number of thioether (sulfide) groups is 1. The first-order valence-corrected chi connectivity index (χ1v) is 11.0. The minimum absolute atomic E-state index is 0.0767. The summed E-state index contributed by atoms with van der Waals surface area (Å²) in [7, 11) is 1.90. The van der Waals surface area contributed by atoms with E-state index in [2.05, 4.69) is 9.97 Å². The summed E-state index contributed by atoms with van der Waals surface area (Å²) in [6.45, 7) is 0.217. The fourth-order valence-electron chi connectivity index (χ4n) is 3.89. The minimum Gasteiger partial charge on any atom is -0.341 e. The van der Waals surface area contributed by atoms with E-state index in [9.17, 15) is 9.18 Å². The lowest BCUT2D eigenvalue weighted by molar-refractivity contribution is -0.133. The van der Waals surface area contributed by atoms with Crippen molar-refractivity contribution in [3.8, 4) is 0 Å². The maximum absolute atomic E-state index is 14.0. The highest BCUT2D eigenvalue weighted by molar-refractivity contribution is 7.98. The monoisotopic (exact) mass is 412 g/mol. The number of fused-ring (bicyclic) bond motifs is 1. The molecule has 1 aliphatic carbocycles. The van der Waals surface area contributed by atoms with E-state index in [4.69, 9.17) is 0 Å². The molecule has 1 fully saturated rings. The number of aromatic nitrogens is 3. The van der Waals surface area contributed by atoms with Gasteiger partial charge < -0.3 is 9.47 Å². The fourth-order valence-corrected chi connectivity index (χ4v) is 4.89. The van der Waals surface area contributed by atoms with Crippen LogP contribution in [-0.4, -0.2) is 38.4 Å². The van der Waals surface area contributed by atoms with Gasteiger partial charge in [-0.1, -0.05) is 49.2 Å². The van der Waals surface area contributed by atoms with Crippen molar-refractivity contribution in [3.63, 3.8) is 0 Å². The average Bonchev–Trinajstić information content (AvgIpc) is 3.10. The Bertz CT molecular complexity index is 999. The number of nitrogens with zero attached hydrogens (tertiary/aromatic N) is 4. The highest BCUT2D eigenvalue weighted by Gasteiger charge is 2.24. The van der Waals surface area contributed by atoms with Crippen molar-refractivity contribution < 1.29 is 9.18 Å². The molecular formula is C22H25FN4OS. The Morgan fingerprint density at radius 1 is 1.24 bits per heavy atom. The van der Waals surface area contributed by atoms with Crippen LogP contribution in [0.5, 0.6) is 0 Å². The molecule has 0 unspecified atom stereocenters. The Hall–Kier alpha value is -2.41. The summed E-state index contributed by atoms with van der Waals surface area (Å²) in [5, 5.41) is 0.710. The van der Waals surface area contributed by atoms with E-state index < -0.39 is 0 Å². The summed E-state index contributed by atoms with van der Waals surface area (Å²) in [4.78, 5) is 23.8. The first-order valence-electron chi connectivity index (χ1n) is 10.1. The highest BCUT2D eigenvalue weighted by atomic mass is 32.2.